The van der Waals surface area contributed by atoms with E-state index in [0.717, 1.165) is 30.6 Å². The van der Waals surface area contributed by atoms with Crippen LogP contribution < -0.4 is 11.1 Å². The van der Waals surface area contributed by atoms with Crippen molar-refractivity contribution in [3.8, 4) is 0 Å². The first-order valence-corrected chi connectivity index (χ1v) is 9.56. The first kappa shape index (κ1) is 18.8. The van der Waals surface area contributed by atoms with Gasteiger partial charge in [0.05, 0.1) is 5.75 Å². The molecule has 132 valence electrons. The van der Waals surface area contributed by atoms with Gasteiger partial charge >= 0.3 is 0 Å². The molecule has 2 rings (SSSR count). The minimum absolute atomic E-state index is 0.0196. The SMILES string of the molecule is CC(C)(C)c1ccc(SCC(=O)NC2CCC(C(N)=O)CC2)cc1. The summed E-state index contributed by atoms with van der Waals surface area (Å²) in [6.07, 6.45) is 3.23. The highest BCUT2D eigenvalue weighted by Crippen LogP contribution is 2.26. The van der Waals surface area contributed by atoms with Crippen LogP contribution in [0.4, 0.5) is 0 Å². The van der Waals surface area contributed by atoms with E-state index < -0.39 is 0 Å². The standard InChI is InChI=1S/C19H28N2O2S/c1-19(2,3)14-6-10-16(11-7-14)24-12-17(22)21-15-8-4-13(5-9-15)18(20)23/h6-7,10-11,13,15H,4-5,8-9,12H2,1-3H3,(H2,20,23)(H,21,22). The molecule has 4 nitrogen and oxygen atoms in total. The third kappa shape index (κ3) is 5.55. The number of benzene rings is 1. The smallest absolute Gasteiger partial charge is 0.230 e. The lowest BCUT2D eigenvalue weighted by Crippen LogP contribution is -2.40. The zero-order chi connectivity index (χ0) is 17.7. The number of carbonyl (C=O) groups excluding carboxylic acids is 2. The molecular weight excluding hydrogens is 320 g/mol. The Bertz CT molecular complexity index is 570. The maximum absolute atomic E-state index is 12.1. The predicted molar refractivity (Wildman–Crippen MR) is 98.9 cm³/mol. The summed E-state index contributed by atoms with van der Waals surface area (Å²) in [4.78, 5) is 24.4. The van der Waals surface area contributed by atoms with Gasteiger partial charge in [-0.2, -0.15) is 0 Å². The van der Waals surface area contributed by atoms with Crippen LogP contribution >= 0.6 is 11.8 Å². The summed E-state index contributed by atoms with van der Waals surface area (Å²) in [6, 6.07) is 8.60. The van der Waals surface area contributed by atoms with E-state index >= 15 is 0 Å². The lowest BCUT2D eigenvalue weighted by molar-refractivity contribution is -0.122. The van der Waals surface area contributed by atoms with Gasteiger partial charge in [-0.25, -0.2) is 0 Å². The highest BCUT2D eigenvalue weighted by atomic mass is 32.2. The van der Waals surface area contributed by atoms with Gasteiger partial charge in [0.15, 0.2) is 0 Å². The molecule has 0 heterocycles. The van der Waals surface area contributed by atoms with Crippen molar-refractivity contribution < 1.29 is 9.59 Å². The highest BCUT2D eigenvalue weighted by Gasteiger charge is 2.25. The first-order chi connectivity index (χ1) is 11.3. The molecule has 1 aromatic rings. The minimum atomic E-state index is -0.214. The Labute approximate surface area is 149 Å². The largest absolute Gasteiger partial charge is 0.369 e. The second-order valence-electron chi connectivity index (χ2n) is 7.58. The number of amides is 2. The summed E-state index contributed by atoms with van der Waals surface area (Å²) in [5, 5.41) is 3.07. The maximum atomic E-state index is 12.1. The van der Waals surface area contributed by atoms with Crippen molar-refractivity contribution in [2.75, 3.05) is 5.75 Å². The predicted octanol–water partition coefficient (Wildman–Crippen LogP) is 3.24. The van der Waals surface area contributed by atoms with Crippen LogP contribution in [-0.2, 0) is 15.0 Å². The summed E-state index contributed by atoms with van der Waals surface area (Å²) < 4.78 is 0. The Hall–Kier alpha value is -1.49. The van der Waals surface area contributed by atoms with Crippen molar-refractivity contribution in [2.45, 2.75) is 62.8 Å². The number of primary amides is 1. The van der Waals surface area contributed by atoms with Crippen molar-refractivity contribution in [3.05, 3.63) is 29.8 Å². The molecule has 1 aliphatic carbocycles. The summed E-state index contributed by atoms with van der Waals surface area (Å²) in [7, 11) is 0. The quantitative estimate of drug-likeness (QED) is 0.803. The van der Waals surface area contributed by atoms with Crippen LogP contribution in [0.25, 0.3) is 0 Å². The number of thioether (sulfide) groups is 1. The van der Waals surface area contributed by atoms with E-state index in [1.807, 2.05) is 0 Å². The summed E-state index contributed by atoms with van der Waals surface area (Å²) in [5.74, 6) is 0.246. The van der Waals surface area contributed by atoms with Gasteiger partial charge in [-0.05, 0) is 48.8 Å². The van der Waals surface area contributed by atoms with Gasteiger partial charge in [-0.3, -0.25) is 9.59 Å². The average Bonchev–Trinajstić information content (AvgIpc) is 2.53. The molecule has 1 fully saturated rings. The molecule has 24 heavy (non-hydrogen) atoms. The van der Waals surface area contributed by atoms with Crippen LogP contribution in [0.2, 0.25) is 0 Å². The molecule has 0 spiro atoms. The highest BCUT2D eigenvalue weighted by molar-refractivity contribution is 8.00. The van der Waals surface area contributed by atoms with E-state index in [2.05, 4.69) is 50.4 Å². The van der Waals surface area contributed by atoms with Gasteiger partial charge < -0.3 is 11.1 Å². The monoisotopic (exact) mass is 348 g/mol. The van der Waals surface area contributed by atoms with Gasteiger partial charge in [-0.1, -0.05) is 32.9 Å². The lowest BCUT2D eigenvalue weighted by Gasteiger charge is -2.27. The normalized spacial score (nSPS) is 21.3. The Morgan fingerprint density at radius 1 is 1.12 bits per heavy atom. The van der Waals surface area contributed by atoms with Crippen LogP contribution in [0, 0.1) is 5.92 Å². The number of hydrogen-bond donors (Lipinski definition) is 2. The van der Waals surface area contributed by atoms with Crippen molar-refractivity contribution >= 4 is 23.6 Å². The van der Waals surface area contributed by atoms with Gasteiger partial charge in [0.25, 0.3) is 0 Å². The molecule has 0 aliphatic heterocycles. The number of hydrogen-bond acceptors (Lipinski definition) is 3. The number of nitrogens with two attached hydrogens (primary N) is 1. The van der Waals surface area contributed by atoms with Crippen molar-refractivity contribution in [3.63, 3.8) is 0 Å². The summed E-state index contributed by atoms with van der Waals surface area (Å²) >= 11 is 1.56. The maximum Gasteiger partial charge on any atom is 0.230 e. The van der Waals surface area contributed by atoms with Gasteiger partial charge in [0.1, 0.15) is 0 Å². The van der Waals surface area contributed by atoms with E-state index in [4.69, 9.17) is 5.73 Å². The zero-order valence-corrected chi connectivity index (χ0v) is 15.6. The Morgan fingerprint density at radius 2 is 1.71 bits per heavy atom. The third-order valence-electron chi connectivity index (χ3n) is 4.58. The van der Waals surface area contributed by atoms with E-state index in [-0.39, 0.29) is 29.2 Å². The van der Waals surface area contributed by atoms with Crippen LogP contribution in [0.1, 0.15) is 52.0 Å². The molecule has 3 N–H and O–H groups in total. The number of carbonyl (C=O) groups is 2. The van der Waals surface area contributed by atoms with Crippen LogP contribution in [0.5, 0.6) is 0 Å². The van der Waals surface area contributed by atoms with E-state index in [0.29, 0.717) is 5.75 Å². The number of rotatable bonds is 5. The molecule has 1 saturated carbocycles. The Kier molecular flexibility index (Phi) is 6.33. The minimum Gasteiger partial charge on any atom is -0.369 e. The molecule has 1 aromatic carbocycles. The van der Waals surface area contributed by atoms with E-state index in [1.54, 1.807) is 11.8 Å². The molecule has 0 aromatic heterocycles. The molecule has 1 aliphatic rings. The molecule has 0 bridgehead atoms. The fraction of sp³-hybridized carbons (Fsp3) is 0.579. The van der Waals surface area contributed by atoms with Gasteiger partial charge in [0, 0.05) is 16.9 Å². The van der Waals surface area contributed by atoms with Crippen molar-refractivity contribution in [2.24, 2.45) is 11.7 Å². The summed E-state index contributed by atoms with van der Waals surface area (Å²) in [6.45, 7) is 6.57. The molecule has 0 saturated heterocycles. The second kappa shape index (κ2) is 8.06. The fourth-order valence-electron chi connectivity index (χ4n) is 2.99. The molecule has 0 unspecified atom stereocenters. The van der Waals surface area contributed by atoms with Crippen molar-refractivity contribution in [1.29, 1.82) is 0 Å². The van der Waals surface area contributed by atoms with Gasteiger partial charge in [0.2, 0.25) is 11.8 Å². The second-order valence-corrected chi connectivity index (χ2v) is 8.63. The third-order valence-corrected chi connectivity index (χ3v) is 5.60. The lowest BCUT2D eigenvalue weighted by atomic mass is 9.85. The molecule has 0 radical (unpaired) electrons. The Balaban J connectivity index is 1.75. The van der Waals surface area contributed by atoms with Crippen LogP contribution in [0.3, 0.4) is 0 Å². The van der Waals surface area contributed by atoms with E-state index in [9.17, 15) is 9.59 Å². The Morgan fingerprint density at radius 3 is 2.21 bits per heavy atom. The zero-order valence-electron chi connectivity index (χ0n) is 14.8. The fourth-order valence-corrected chi connectivity index (χ4v) is 3.70. The first-order valence-electron chi connectivity index (χ1n) is 8.57. The van der Waals surface area contributed by atoms with Crippen LogP contribution in [-0.4, -0.2) is 23.6 Å². The number of nitrogens with one attached hydrogen (secondary N) is 1. The van der Waals surface area contributed by atoms with Crippen LogP contribution in [0.15, 0.2) is 29.2 Å². The molecular formula is C19H28N2O2S. The molecule has 2 amide bonds. The van der Waals surface area contributed by atoms with E-state index in [1.165, 1.54) is 5.56 Å². The summed E-state index contributed by atoms with van der Waals surface area (Å²) in [5.41, 5.74) is 6.77. The average molecular weight is 349 g/mol. The molecule has 5 heteroatoms. The topological polar surface area (TPSA) is 72.2 Å². The van der Waals surface area contributed by atoms with Gasteiger partial charge in [-0.15, -0.1) is 11.8 Å². The molecule has 0 atom stereocenters. The van der Waals surface area contributed by atoms with Crippen molar-refractivity contribution in [1.82, 2.24) is 5.32 Å².